The Balaban J connectivity index is 1.93. The lowest BCUT2D eigenvalue weighted by Gasteiger charge is -2.28. The maximum absolute atomic E-state index is 13.0. The number of ketones is 1. The molecule has 0 aromatic heterocycles. The first-order valence-corrected chi connectivity index (χ1v) is 5.84. The van der Waals surface area contributed by atoms with Crippen LogP contribution in [0.5, 0.6) is 0 Å². The van der Waals surface area contributed by atoms with Crippen molar-refractivity contribution < 1.29 is 14.3 Å². The van der Waals surface area contributed by atoms with Crippen molar-refractivity contribution in [1.29, 1.82) is 0 Å². The maximum atomic E-state index is 13.0. The number of likely N-dealkylation sites (tertiary alicyclic amines) is 1. The lowest BCUT2D eigenvalue weighted by atomic mass is 10.1. The second-order valence-corrected chi connectivity index (χ2v) is 4.44. The van der Waals surface area contributed by atoms with Gasteiger partial charge in [-0.15, -0.1) is 0 Å². The molecule has 17 heavy (non-hydrogen) atoms. The third-order valence-corrected chi connectivity index (χ3v) is 3.07. The van der Waals surface area contributed by atoms with E-state index in [-0.39, 0.29) is 17.7 Å². The molecule has 0 bridgehead atoms. The van der Waals surface area contributed by atoms with Crippen LogP contribution in [0.25, 0.3) is 0 Å². The van der Waals surface area contributed by atoms with E-state index < -0.39 is 0 Å². The molecule has 1 saturated heterocycles. The fourth-order valence-corrected chi connectivity index (χ4v) is 2.03. The molecule has 92 valence electrons. The second-order valence-electron chi connectivity index (χ2n) is 4.44. The average Bonchev–Trinajstić information content (AvgIpc) is 2.32. The number of nitrogens with zero attached hydrogens (tertiary/aromatic N) is 1. The zero-order chi connectivity index (χ0) is 12.3. The van der Waals surface area contributed by atoms with Gasteiger partial charge in [0.25, 0.3) is 0 Å². The van der Waals surface area contributed by atoms with Crippen LogP contribution >= 0.6 is 0 Å². The molecule has 0 unspecified atom stereocenters. The molecule has 1 aliphatic heterocycles. The van der Waals surface area contributed by atoms with Crippen LogP contribution in [-0.4, -0.2) is 41.5 Å². The number of hydrogen-bond acceptors (Lipinski definition) is 3. The summed E-state index contributed by atoms with van der Waals surface area (Å²) >= 11 is 0. The Labute approximate surface area is 99.9 Å². The van der Waals surface area contributed by atoms with Crippen molar-refractivity contribution in [3.8, 4) is 0 Å². The number of carbonyl (C=O) groups is 1. The molecule has 3 nitrogen and oxygen atoms in total. The molecule has 1 aromatic rings. The van der Waals surface area contributed by atoms with E-state index >= 15 is 0 Å². The molecule has 1 aromatic carbocycles. The highest BCUT2D eigenvalue weighted by atomic mass is 19.1. The van der Waals surface area contributed by atoms with Crippen LogP contribution < -0.4 is 0 Å². The van der Waals surface area contributed by atoms with Crippen molar-refractivity contribution in [3.05, 3.63) is 35.6 Å². The van der Waals surface area contributed by atoms with Gasteiger partial charge in [-0.1, -0.05) is 12.1 Å². The first kappa shape index (κ1) is 12.2. The molecule has 4 heteroatoms. The topological polar surface area (TPSA) is 40.5 Å². The number of piperidine rings is 1. The van der Waals surface area contributed by atoms with E-state index in [1.807, 2.05) is 4.90 Å². The zero-order valence-corrected chi connectivity index (χ0v) is 9.60. The summed E-state index contributed by atoms with van der Waals surface area (Å²) in [5.74, 6) is -0.453. The van der Waals surface area contributed by atoms with Crippen LogP contribution in [0, 0.1) is 5.82 Å². The molecule has 2 rings (SSSR count). The minimum Gasteiger partial charge on any atom is -0.393 e. The van der Waals surface area contributed by atoms with Gasteiger partial charge in [-0.05, 0) is 25.0 Å². The van der Waals surface area contributed by atoms with Gasteiger partial charge in [0.05, 0.1) is 12.6 Å². The Hall–Kier alpha value is -1.26. The van der Waals surface area contributed by atoms with Gasteiger partial charge in [-0.3, -0.25) is 9.69 Å². The monoisotopic (exact) mass is 237 g/mol. The Kier molecular flexibility index (Phi) is 3.86. The largest absolute Gasteiger partial charge is 0.393 e. The number of Topliss-reactive ketones (excluding diaryl/α,β-unsaturated/α-hetero) is 1. The van der Waals surface area contributed by atoms with Crippen molar-refractivity contribution in [2.45, 2.75) is 18.9 Å². The lowest BCUT2D eigenvalue weighted by Crippen LogP contribution is -2.39. The number of carbonyl (C=O) groups excluding carboxylic acids is 1. The number of benzene rings is 1. The van der Waals surface area contributed by atoms with Crippen molar-refractivity contribution >= 4 is 5.78 Å². The third kappa shape index (κ3) is 3.35. The van der Waals surface area contributed by atoms with Crippen LogP contribution in [0.15, 0.2) is 24.3 Å². The summed E-state index contributed by atoms with van der Waals surface area (Å²) in [6.45, 7) is 1.75. The summed E-state index contributed by atoms with van der Waals surface area (Å²) in [5.41, 5.74) is 0.413. The van der Waals surface area contributed by atoms with Crippen molar-refractivity contribution in [1.82, 2.24) is 4.90 Å². The fraction of sp³-hybridized carbons (Fsp3) is 0.462. The van der Waals surface area contributed by atoms with Gasteiger partial charge in [0, 0.05) is 18.7 Å². The average molecular weight is 237 g/mol. The minimum absolute atomic E-state index is 0.0686. The molecular weight excluding hydrogens is 221 g/mol. The molecule has 1 fully saturated rings. The Morgan fingerprint density at radius 3 is 2.76 bits per heavy atom. The highest BCUT2D eigenvalue weighted by Gasteiger charge is 2.19. The van der Waals surface area contributed by atoms with Crippen molar-refractivity contribution in [2.24, 2.45) is 0 Å². The SMILES string of the molecule is O=C(CN1CCC(O)CC1)c1cccc(F)c1. The van der Waals surface area contributed by atoms with Gasteiger partial charge < -0.3 is 5.11 Å². The summed E-state index contributed by atoms with van der Waals surface area (Å²) in [6, 6.07) is 5.77. The Morgan fingerprint density at radius 1 is 1.41 bits per heavy atom. The summed E-state index contributed by atoms with van der Waals surface area (Å²) in [5, 5.41) is 9.35. The smallest absolute Gasteiger partial charge is 0.176 e. The Morgan fingerprint density at radius 2 is 2.12 bits per heavy atom. The molecule has 0 saturated carbocycles. The van der Waals surface area contributed by atoms with E-state index in [9.17, 15) is 14.3 Å². The predicted molar refractivity (Wildman–Crippen MR) is 62.4 cm³/mol. The van der Waals surface area contributed by atoms with Crippen LogP contribution in [0.2, 0.25) is 0 Å². The molecule has 0 aliphatic carbocycles. The maximum Gasteiger partial charge on any atom is 0.176 e. The summed E-state index contributed by atoms with van der Waals surface area (Å²) < 4.78 is 13.0. The van der Waals surface area contributed by atoms with E-state index in [2.05, 4.69) is 0 Å². The summed E-state index contributed by atoms with van der Waals surface area (Å²) in [7, 11) is 0. The molecule has 1 heterocycles. The third-order valence-electron chi connectivity index (χ3n) is 3.07. The van der Waals surface area contributed by atoms with Crippen LogP contribution in [0.4, 0.5) is 4.39 Å². The highest BCUT2D eigenvalue weighted by Crippen LogP contribution is 2.11. The molecular formula is C13H16FNO2. The van der Waals surface area contributed by atoms with E-state index in [4.69, 9.17) is 0 Å². The Bertz CT molecular complexity index is 400. The predicted octanol–water partition coefficient (Wildman–Crippen LogP) is 1.47. The van der Waals surface area contributed by atoms with Crippen LogP contribution in [0.3, 0.4) is 0 Å². The van der Waals surface area contributed by atoms with Gasteiger partial charge in [-0.25, -0.2) is 4.39 Å². The molecule has 1 aliphatic rings. The van der Waals surface area contributed by atoms with Gasteiger partial charge in [0.15, 0.2) is 5.78 Å². The lowest BCUT2D eigenvalue weighted by molar-refractivity contribution is 0.0711. The number of halogens is 1. The quantitative estimate of drug-likeness (QED) is 0.809. The first-order chi connectivity index (χ1) is 8.15. The van der Waals surface area contributed by atoms with E-state index in [1.54, 1.807) is 12.1 Å². The summed E-state index contributed by atoms with van der Waals surface area (Å²) in [6.07, 6.45) is 1.17. The van der Waals surface area contributed by atoms with Crippen molar-refractivity contribution in [2.75, 3.05) is 19.6 Å². The molecule has 0 radical (unpaired) electrons. The summed E-state index contributed by atoms with van der Waals surface area (Å²) in [4.78, 5) is 13.9. The van der Waals surface area contributed by atoms with E-state index in [0.29, 0.717) is 24.9 Å². The van der Waals surface area contributed by atoms with Gasteiger partial charge in [0.1, 0.15) is 5.82 Å². The minimum atomic E-state index is -0.384. The van der Waals surface area contributed by atoms with Gasteiger partial charge in [-0.2, -0.15) is 0 Å². The van der Waals surface area contributed by atoms with Crippen LogP contribution in [0.1, 0.15) is 23.2 Å². The number of hydrogen-bond donors (Lipinski definition) is 1. The van der Waals surface area contributed by atoms with E-state index in [1.165, 1.54) is 12.1 Å². The second kappa shape index (κ2) is 5.38. The fourth-order valence-electron chi connectivity index (χ4n) is 2.03. The normalized spacial score (nSPS) is 18.2. The number of aliphatic hydroxyl groups is 1. The van der Waals surface area contributed by atoms with Gasteiger partial charge in [0.2, 0.25) is 0 Å². The van der Waals surface area contributed by atoms with Gasteiger partial charge >= 0.3 is 0 Å². The standard InChI is InChI=1S/C13H16FNO2/c14-11-3-1-2-10(8-11)13(17)9-15-6-4-12(16)5-7-15/h1-3,8,12,16H,4-7,9H2. The zero-order valence-electron chi connectivity index (χ0n) is 9.60. The number of rotatable bonds is 3. The van der Waals surface area contributed by atoms with E-state index in [0.717, 1.165) is 13.1 Å². The molecule has 1 N–H and O–H groups in total. The highest BCUT2D eigenvalue weighted by molar-refractivity contribution is 5.97. The van der Waals surface area contributed by atoms with Crippen molar-refractivity contribution in [3.63, 3.8) is 0 Å². The molecule has 0 amide bonds. The van der Waals surface area contributed by atoms with Crippen LogP contribution in [-0.2, 0) is 0 Å². The molecule has 0 atom stereocenters. The molecule has 0 spiro atoms. The number of aliphatic hydroxyl groups excluding tert-OH is 1. The first-order valence-electron chi connectivity index (χ1n) is 5.84.